The van der Waals surface area contributed by atoms with Crippen molar-refractivity contribution in [1.29, 1.82) is 0 Å². The van der Waals surface area contributed by atoms with Crippen molar-refractivity contribution in [2.24, 2.45) is 4.99 Å². The smallest absolute Gasteiger partial charge is 0.258 e. The van der Waals surface area contributed by atoms with Gasteiger partial charge in [-0.15, -0.1) is 0 Å². The van der Waals surface area contributed by atoms with Gasteiger partial charge in [-0.2, -0.15) is 13.2 Å². The van der Waals surface area contributed by atoms with E-state index < -0.39 is 38.0 Å². The van der Waals surface area contributed by atoms with Crippen molar-refractivity contribution in [2.45, 2.75) is 11.1 Å². The number of alkyl halides is 3. The monoisotopic (exact) mass is 264 g/mol. The molecule has 1 aromatic rings. The van der Waals surface area contributed by atoms with Crippen LogP contribution < -0.4 is 0 Å². The van der Waals surface area contributed by atoms with E-state index in [4.69, 9.17) is 0 Å². The van der Waals surface area contributed by atoms with Crippen molar-refractivity contribution in [2.75, 3.05) is 0 Å². The highest BCUT2D eigenvalue weighted by Gasteiger charge is 2.44. The molecule has 1 aromatic carbocycles. The molecule has 1 heterocycles. The van der Waals surface area contributed by atoms with E-state index in [2.05, 4.69) is 4.99 Å². The van der Waals surface area contributed by atoms with Gasteiger partial charge in [-0.25, -0.2) is 9.20 Å². The van der Waals surface area contributed by atoms with Crippen molar-refractivity contribution in [1.82, 2.24) is 0 Å². The number of rotatable bonds is 1. The largest absolute Gasteiger partial charge is 0.424 e. The van der Waals surface area contributed by atoms with Crippen LogP contribution in [0.1, 0.15) is 5.56 Å². The van der Waals surface area contributed by atoms with Crippen LogP contribution in [0.4, 0.5) is 24.5 Å². The Bertz CT molecular complexity index is 568. The van der Waals surface area contributed by atoms with E-state index in [9.17, 15) is 27.5 Å². The lowest BCUT2D eigenvalue weighted by molar-refractivity contribution is -0.388. The zero-order valence-electron chi connectivity index (χ0n) is 7.89. The second-order valence-corrected chi connectivity index (χ2v) is 4.31. The molecule has 1 aliphatic rings. The molecule has 2 rings (SSSR count). The van der Waals surface area contributed by atoms with Gasteiger partial charge in [0.25, 0.3) is 5.69 Å². The molecule has 0 bridgehead atoms. The normalized spacial score (nSPS) is 18.2. The van der Waals surface area contributed by atoms with Crippen LogP contribution in [0.2, 0.25) is 0 Å². The standard InChI is InChI=1S/C8H3F3N2O3S/c9-8(10,11)6-5(13(14)15)2-1-4-7(6)17(16)3-12-4/h1-3H. The summed E-state index contributed by atoms with van der Waals surface area (Å²) in [5, 5.41) is 10.5. The zero-order valence-corrected chi connectivity index (χ0v) is 8.71. The number of halogens is 3. The first-order chi connectivity index (χ1) is 7.82. The first-order valence-electron chi connectivity index (χ1n) is 4.15. The average molecular weight is 264 g/mol. The van der Waals surface area contributed by atoms with Gasteiger partial charge in [0.05, 0.1) is 31.9 Å². The summed E-state index contributed by atoms with van der Waals surface area (Å²) in [5.41, 5.74) is -1.93. The van der Waals surface area contributed by atoms with E-state index in [1.807, 2.05) is 0 Å². The highest BCUT2D eigenvalue weighted by molar-refractivity contribution is 7.99. The van der Waals surface area contributed by atoms with Crippen LogP contribution in [-0.4, -0.2) is 14.7 Å². The Labute approximate surface area is 94.6 Å². The molecule has 1 aliphatic heterocycles. The van der Waals surface area contributed by atoms with Crippen molar-refractivity contribution < 1.29 is 22.3 Å². The molecule has 1 unspecified atom stereocenters. The maximum Gasteiger partial charge on any atom is 0.424 e. The first-order valence-corrected chi connectivity index (χ1v) is 5.37. The van der Waals surface area contributed by atoms with Crippen LogP contribution in [-0.2, 0) is 17.0 Å². The van der Waals surface area contributed by atoms with Crippen molar-refractivity contribution >= 4 is 27.7 Å². The van der Waals surface area contributed by atoms with Gasteiger partial charge in [0.2, 0.25) is 0 Å². The third-order valence-electron chi connectivity index (χ3n) is 2.08. The average Bonchev–Trinajstić information content (AvgIpc) is 2.57. The number of benzene rings is 1. The minimum atomic E-state index is -4.95. The number of hydrogen-bond donors (Lipinski definition) is 0. The van der Waals surface area contributed by atoms with Crippen LogP contribution in [0.15, 0.2) is 22.0 Å². The number of nitro benzene ring substituents is 1. The second kappa shape index (κ2) is 3.62. The summed E-state index contributed by atoms with van der Waals surface area (Å²) in [6, 6.07) is 1.76. The number of hydrogen-bond acceptors (Lipinski definition) is 4. The van der Waals surface area contributed by atoms with E-state index in [-0.39, 0.29) is 5.69 Å². The molecule has 0 aliphatic carbocycles. The van der Waals surface area contributed by atoms with Gasteiger partial charge in [0.15, 0.2) is 5.56 Å². The molecule has 0 fully saturated rings. The molecule has 0 saturated heterocycles. The fourth-order valence-corrected chi connectivity index (χ4v) is 2.51. The van der Waals surface area contributed by atoms with Gasteiger partial charge in [-0.1, -0.05) is 0 Å². The van der Waals surface area contributed by atoms with Crippen LogP contribution in [0.25, 0.3) is 0 Å². The SMILES string of the molecule is O=[N+]([O-])c1ccc2c(c1C(F)(F)F)S(=O)C=N2. The van der Waals surface area contributed by atoms with Crippen LogP contribution in [0, 0.1) is 10.1 Å². The van der Waals surface area contributed by atoms with Crippen molar-refractivity contribution in [3.63, 3.8) is 0 Å². The number of nitro groups is 1. The maximum atomic E-state index is 12.7. The lowest BCUT2D eigenvalue weighted by Crippen LogP contribution is -2.12. The third kappa shape index (κ3) is 1.82. The summed E-state index contributed by atoms with van der Waals surface area (Å²) < 4.78 is 49.6. The Kier molecular flexibility index (Phi) is 2.49. The minimum absolute atomic E-state index is 0.152. The molecule has 1 atom stereocenters. The number of nitrogens with zero attached hydrogens (tertiary/aromatic N) is 2. The summed E-state index contributed by atoms with van der Waals surface area (Å²) in [6.45, 7) is 0. The molecule has 0 spiro atoms. The van der Waals surface area contributed by atoms with Crippen LogP contribution in [0.3, 0.4) is 0 Å². The van der Waals surface area contributed by atoms with E-state index in [0.717, 1.165) is 11.6 Å². The number of aliphatic imine (C=N–C) groups is 1. The second-order valence-electron chi connectivity index (χ2n) is 3.09. The maximum absolute atomic E-state index is 12.7. The van der Waals surface area contributed by atoms with Gasteiger partial charge in [-0.05, 0) is 6.07 Å². The Balaban J connectivity index is 2.81. The topological polar surface area (TPSA) is 72.6 Å². The fourth-order valence-electron chi connectivity index (χ4n) is 1.45. The molecular weight excluding hydrogens is 261 g/mol. The first kappa shape index (κ1) is 11.7. The Hall–Kier alpha value is -1.77. The van der Waals surface area contributed by atoms with E-state index in [1.165, 1.54) is 0 Å². The summed E-state index contributed by atoms with van der Waals surface area (Å²) in [7, 11) is -2.10. The summed E-state index contributed by atoms with van der Waals surface area (Å²) in [5.74, 6) is 0. The van der Waals surface area contributed by atoms with Gasteiger partial charge < -0.3 is 0 Å². The van der Waals surface area contributed by atoms with Gasteiger partial charge >= 0.3 is 6.18 Å². The molecular formula is C8H3F3N2O3S. The third-order valence-corrected chi connectivity index (χ3v) is 3.20. The van der Waals surface area contributed by atoms with Crippen LogP contribution in [0.5, 0.6) is 0 Å². The summed E-state index contributed by atoms with van der Waals surface area (Å²) >= 11 is 0. The van der Waals surface area contributed by atoms with E-state index >= 15 is 0 Å². The summed E-state index contributed by atoms with van der Waals surface area (Å²) in [4.78, 5) is 12.2. The molecule has 9 heteroatoms. The molecule has 90 valence electrons. The Morgan fingerprint density at radius 1 is 1.35 bits per heavy atom. The van der Waals surface area contributed by atoms with E-state index in [0.29, 0.717) is 6.07 Å². The lowest BCUT2D eigenvalue weighted by Gasteiger charge is -2.10. The Morgan fingerprint density at radius 2 is 2.00 bits per heavy atom. The highest BCUT2D eigenvalue weighted by Crippen LogP contribution is 2.45. The zero-order chi connectivity index (χ0) is 12.8. The Morgan fingerprint density at radius 3 is 2.53 bits per heavy atom. The van der Waals surface area contributed by atoms with Crippen LogP contribution >= 0.6 is 0 Å². The molecule has 0 N–H and O–H groups in total. The fraction of sp³-hybridized carbons (Fsp3) is 0.125. The predicted molar refractivity (Wildman–Crippen MR) is 52.7 cm³/mol. The number of fused-ring (bicyclic) bond motifs is 1. The molecule has 0 radical (unpaired) electrons. The van der Waals surface area contributed by atoms with Crippen molar-refractivity contribution in [3.8, 4) is 0 Å². The molecule has 0 amide bonds. The lowest BCUT2D eigenvalue weighted by atomic mass is 10.1. The molecule has 0 saturated carbocycles. The molecule has 17 heavy (non-hydrogen) atoms. The minimum Gasteiger partial charge on any atom is -0.258 e. The van der Waals surface area contributed by atoms with Gasteiger partial charge in [0, 0.05) is 6.07 Å². The van der Waals surface area contributed by atoms with Crippen molar-refractivity contribution in [3.05, 3.63) is 27.8 Å². The highest BCUT2D eigenvalue weighted by atomic mass is 32.2. The molecule has 0 aromatic heterocycles. The van der Waals surface area contributed by atoms with Gasteiger partial charge in [0.1, 0.15) is 0 Å². The quantitative estimate of drug-likeness (QED) is 0.577. The predicted octanol–water partition coefficient (Wildman–Crippen LogP) is 2.39. The van der Waals surface area contributed by atoms with E-state index in [1.54, 1.807) is 0 Å². The summed E-state index contributed by atoms with van der Waals surface area (Å²) in [6.07, 6.45) is -4.95. The molecule has 5 nitrogen and oxygen atoms in total. The van der Waals surface area contributed by atoms with Gasteiger partial charge in [-0.3, -0.25) is 10.1 Å².